The van der Waals surface area contributed by atoms with Crippen molar-refractivity contribution >= 4 is 23.5 Å². The van der Waals surface area contributed by atoms with E-state index in [2.05, 4.69) is 4.98 Å². The van der Waals surface area contributed by atoms with Crippen LogP contribution in [-0.4, -0.2) is 45.5 Å². The number of imidazole rings is 1. The predicted molar refractivity (Wildman–Crippen MR) is 115 cm³/mol. The number of aromatic nitrogens is 2. The third kappa shape index (κ3) is 3.98. The maximum absolute atomic E-state index is 13.2. The van der Waals surface area contributed by atoms with Crippen LogP contribution in [0.3, 0.4) is 0 Å². The summed E-state index contributed by atoms with van der Waals surface area (Å²) in [6, 6.07) is 19.2. The molecule has 5 nitrogen and oxygen atoms in total. The number of likely N-dealkylation sites (tertiary alicyclic amines) is 1. The van der Waals surface area contributed by atoms with Gasteiger partial charge in [0, 0.05) is 30.3 Å². The first kappa shape index (κ1) is 19.5. The number of nitrogens with zero attached hydrogens (tertiary/aromatic N) is 3. The summed E-state index contributed by atoms with van der Waals surface area (Å²) in [6.45, 7) is 1.16. The molecule has 3 aromatic rings. The van der Waals surface area contributed by atoms with Crippen LogP contribution in [-0.2, 0) is 0 Å². The quantitative estimate of drug-likeness (QED) is 0.468. The molecule has 1 aliphatic rings. The van der Waals surface area contributed by atoms with E-state index in [9.17, 15) is 9.59 Å². The largest absolute Gasteiger partial charge is 0.337 e. The molecule has 6 heteroatoms. The standard InChI is InChI=1S/C23H23N3O2S/c1-29-23-24-16-20(26(23)19-10-6-3-7-11-19)22(28)25-14-12-18(13-15-25)21(27)17-8-4-2-5-9-17/h2-11,16,18H,12-15H2,1H3. The molecule has 1 amide bonds. The molecule has 0 radical (unpaired) electrons. The summed E-state index contributed by atoms with van der Waals surface area (Å²) in [5.74, 6) is 0.117. The molecule has 0 N–H and O–H groups in total. The summed E-state index contributed by atoms with van der Waals surface area (Å²) in [5.41, 5.74) is 2.24. The van der Waals surface area contributed by atoms with Crippen LogP contribution in [0.25, 0.3) is 5.69 Å². The Kier molecular flexibility index (Phi) is 5.81. The highest BCUT2D eigenvalue weighted by Crippen LogP contribution is 2.26. The van der Waals surface area contributed by atoms with E-state index in [1.54, 1.807) is 6.20 Å². The van der Waals surface area contributed by atoms with Crippen LogP contribution in [0, 0.1) is 5.92 Å². The fourth-order valence-corrected chi connectivity index (χ4v) is 4.35. The Bertz CT molecular complexity index is 993. The Morgan fingerprint density at radius 2 is 1.59 bits per heavy atom. The molecule has 148 valence electrons. The minimum atomic E-state index is -0.0349. The third-order valence-electron chi connectivity index (χ3n) is 5.36. The second kappa shape index (κ2) is 8.66. The van der Waals surface area contributed by atoms with Crippen LogP contribution in [0.5, 0.6) is 0 Å². The highest BCUT2D eigenvalue weighted by Gasteiger charge is 2.30. The van der Waals surface area contributed by atoms with Gasteiger partial charge < -0.3 is 4.90 Å². The molecule has 0 aliphatic carbocycles. The SMILES string of the molecule is CSc1ncc(C(=O)N2CCC(C(=O)c3ccccc3)CC2)n1-c1ccccc1. The van der Waals surface area contributed by atoms with E-state index in [0.717, 1.165) is 16.4 Å². The number of carbonyl (C=O) groups is 2. The van der Waals surface area contributed by atoms with Crippen molar-refractivity contribution in [3.8, 4) is 5.69 Å². The normalized spacial score (nSPS) is 14.7. The van der Waals surface area contributed by atoms with E-state index >= 15 is 0 Å². The van der Waals surface area contributed by atoms with Crippen LogP contribution < -0.4 is 0 Å². The minimum Gasteiger partial charge on any atom is -0.337 e. The van der Waals surface area contributed by atoms with E-state index < -0.39 is 0 Å². The van der Waals surface area contributed by atoms with E-state index in [0.29, 0.717) is 31.6 Å². The van der Waals surface area contributed by atoms with Gasteiger partial charge in [0.1, 0.15) is 5.69 Å². The lowest BCUT2D eigenvalue weighted by atomic mass is 9.89. The maximum atomic E-state index is 13.2. The molecule has 0 atom stereocenters. The highest BCUT2D eigenvalue weighted by molar-refractivity contribution is 7.98. The molecule has 2 aromatic carbocycles. The molecule has 4 rings (SSSR count). The van der Waals surface area contributed by atoms with E-state index in [4.69, 9.17) is 0 Å². The van der Waals surface area contributed by atoms with Crippen molar-refractivity contribution < 1.29 is 9.59 Å². The number of Topliss-reactive ketones (excluding diaryl/α,β-unsaturated/α-hetero) is 1. The van der Waals surface area contributed by atoms with E-state index in [1.807, 2.05) is 76.4 Å². The summed E-state index contributed by atoms with van der Waals surface area (Å²) in [6.07, 6.45) is 4.99. The van der Waals surface area contributed by atoms with Gasteiger partial charge in [0.05, 0.1) is 6.20 Å². The van der Waals surface area contributed by atoms with Gasteiger partial charge >= 0.3 is 0 Å². The van der Waals surface area contributed by atoms with Gasteiger partial charge in [0.2, 0.25) is 0 Å². The number of amides is 1. The second-order valence-corrected chi connectivity index (χ2v) is 7.87. The molecule has 2 heterocycles. The van der Waals surface area contributed by atoms with Crippen molar-refractivity contribution in [1.29, 1.82) is 0 Å². The summed E-state index contributed by atoms with van der Waals surface area (Å²) >= 11 is 1.51. The molecule has 29 heavy (non-hydrogen) atoms. The first-order chi connectivity index (χ1) is 14.2. The number of hydrogen-bond acceptors (Lipinski definition) is 4. The first-order valence-electron chi connectivity index (χ1n) is 9.74. The van der Waals surface area contributed by atoms with Gasteiger partial charge in [-0.2, -0.15) is 0 Å². The molecule has 0 saturated carbocycles. The number of thioether (sulfide) groups is 1. The lowest BCUT2D eigenvalue weighted by molar-refractivity contribution is 0.0643. The molecular weight excluding hydrogens is 382 g/mol. The molecule has 1 saturated heterocycles. The Hall–Kier alpha value is -2.86. The fraction of sp³-hybridized carbons (Fsp3) is 0.261. The number of para-hydroxylation sites is 1. The van der Waals surface area contributed by atoms with Gasteiger partial charge in [0.15, 0.2) is 10.9 Å². The monoisotopic (exact) mass is 405 g/mol. The van der Waals surface area contributed by atoms with Crippen molar-refractivity contribution in [1.82, 2.24) is 14.5 Å². The molecule has 0 bridgehead atoms. The lowest BCUT2D eigenvalue weighted by Crippen LogP contribution is -2.41. The molecule has 1 aromatic heterocycles. The second-order valence-electron chi connectivity index (χ2n) is 7.10. The fourth-order valence-electron chi connectivity index (χ4n) is 3.80. The van der Waals surface area contributed by atoms with Gasteiger partial charge in [-0.25, -0.2) is 4.98 Å². The number of carbonyl (C=O) groups excluding carboxylic acids is 2. The Labute approximate surface area is 174 Å². The van der Waals surface area contributed by atoms with Crippen LogP contribution in [0.1, 0.15) is 33.7 Å². The van der Waals surface area contributed by atoms with E-state index in [-0.39, 0.29) is 17.6 Å². The predicted octanol–water partition coefficient (Wildman–Crippen LogP) is 4.33. The average molecular weight is 406 g/mol. The van der Waals surface area contributed by atoms with Crippen LogP contribution in [0.2, 0.25) is 0 Å². The zero-order valence-electron chi connectivity index (χ0n) is 16.3. The first-order valence-corrected chi connectivity index (χ1v) is 11.0. The summed E-state index contributed by atoms with van der Waals surface area (Å²) in [5, 5.41) is 0.786. The zero-order valence-corrected chi connectivity index (χ0v) is 17.1. The summed E-state index contributed by atoms with van der Waals surface area (Å²) < 4.78 is 1.91. The number of hydrogen-bond donors (Lipinski definition) is 0. The van der Waals surface area contributed by atoms with Gasteiger partial charge in [-0.15, -0.1) is 0 Å². The number of piperidine rings is 1. The van der Waals surface area contributed by atoms with Crippen molar-refractivity contribution in [2.24, 2.45) is 5.92 Å². The average Bonchev–Trinajstić information content (AvgIpc) is 3.23. The highest BCUT2D eigenvalue weighted by atomic mass is 32.2. The topological polar surface area (TPSA) is 55.2 Å². The van der Waals surface area contributed by atoms with Crippen LogP contribution in [0.4, 0.5) is 0 Å². The van der Waals surface area contributed by atoms with Crippen LogP contribution >= 0.6 is 11.8 Å². The van der Waals surface area contributed by atoms with Gasteiger partial charge in [-0.05, 0) is 31.2 Å². The van der Waals surface area contributed by atoms with E-state index in [1.165, 1.54) is 11.8 Å². The number of benzene rings is 2. The van der Waals surface area contributed by atoms with Gasteiger partial charge in [-0.1, -0.05) is 60.3 Å². The van der Waals surface area contributed by atoms with Crippen molar-refractivity contribution in [2.75, 3.05) is 19.3 Å². The maximum Gasteiger partial charge on any atom is 0.272 e. The van der Waals surface area contributed by atoms with Crippen molar-refractivity contribution in [2.45, 2.75) is 18.0 Å². The van der Waals surface area contributed by atoms with Crippen LogP contribution in [0.15, 0.2) is 72.0 Å². The smallest absolute Gasteiger partial charge is 0.272 e. The van der Waals surface area contributed by atoms with Crippen molar-refractivity contribution in [3.05, 3.63) is 78.1 Å². The lowest BCUT2D eigenvalue weighted by Gasteiger charge is -2.31. The molecule has 1 fully saturated rings. The number of rotatable bonds is 5. The Balaban J connectivity index is 1.50. The Morgan fingerprint density at radius 1 is 0.966 bits per heavy atom. The number of ketones is 1. The van der Waals surface area contributed by atoms with Crippen molar-refractivity contribution in [3.63, 3.8) is 0 Å². The molecular formula is C23H23N3O2S. The van der Waals surface area contributed by atoms with Gasteiger partial charge in [-0.3, -0.25) is 14.2 Å². The third-order valence-corrected chi connectivity index (χ3v) is 6.01. The zero-order chi connectivity index (χ0) is 20.2. The molecule has 1 aliphatic heterocycles. The molecule has 0 unspecified atom stereocenters. The summed E-state index contributed by atoms with van der Waals surface area (Å²) in [4.78, 5) is 32.2. The van der Waals surface area contributed by atoms with Gasteiger partial charge in [0.25, 0.3) is 5.91 Å². The molecule has 0 spiro atoms. The Morgan fingerprint density at radius 3 is 2.21 bits per heavy atom. The minimum absolute atomic E-state index is 0.0257. The summed E-state index contributed by atoms with van der Waals surface area (Å²) in [7, 11) is 0.